The standard InChI is InChI=1S/C10H9NO4S/c1-5(9(12)13)16-6-2-3-8-7(4-6)11-10(14)15-8/h2-5H,1H3,(H,11,14)(H,12,13). The molecule has 0 aliphatic rings. The number of carboxylic acid groups (broad SMARTS) is 1. The lowest BCUT2D eigenvalue weighted by atomic mass is 10.3. The van der Waals surface area contributed by atoms with Crippen LogP contribution in [0.1, 0.15) is 6.92 Å². The van der Waals surface area contributed by atoms with Crippen molar-refractivity contribution in [3.05, 3.63) is 28.7 Å². The van der Waals surface area contributed by atoms with Gasteiger partial charge in [0.2, 0.25) is 0 Å². The third kappa shape index (κ3) is 2.11. The van der Waals surface area contributed by atoms with Crippen LogP contribution in [0.5, 0.6) is 0 Å². The molecule has 0 aliphatic carbocycles. The molecule has 0 aliphatic heterocycles. The zero-order valence-corrected chi connectivity index (χ0v) is 9.21. The van der Waals surface area contributed by atoms with E-state index in [0.29, 0.717) is 11.1 Å². The summed E-state index contributed by atoms with van der Waals surface area (Å²) in [6.07, 6.45) is 0. The van der Waals surface area contributed by atoms with Crippen molar-refractivity contribution in [3.8, 4) is 0 Å². The van der Waals surface area contributed by atoms with Crippen molar-refractivity contribution in [1.29, 1.82) is 0 Å². The van der Waals surface area contributed by atoms with Crippen LogP contribution in [0.3, 0.4) is 0 Å². The first kappa shape index (κ1) is 10.8. The molecule has 2 aromatic rings. The van der Waals surface area contributed by atoms with Crippen molar-refractivity contribution in [3.63, 3.8) is 0 Å². The van der Waals surface area contributed by atoms with Crippen LogP contribution in [-0.2, 0) is 4.79 Å². The number of hydrogen-bond donors (Lipinski definition) is 2. The van der Waals surface area contributed by atoms with Gasteiger partial charge in [-0.1, -0.05) is 0 Å². The van der Waals surface area contributed by atoms with Gasteiger partial charge in [-0.15, -0.1) is 11.8 Å². The first-order valence-corrected chi connectivity index (χ1v) is 5.46. The number of H-pyrrole nitrogens is 1. The van der Waals surface area contributed by atoms with Gasteiger partial charge < -0.3 is 9.52 Å². The SMILES string of the molecule is CC(Sc1ccc2oc(=O)[nH]c2c1)C(=O)O. The summed E-state index contributed by atoms with van der Waals surface area (Å²) in [7, 11) is 0. The number of aliphatic carboxylic acids is 1. The molecule has 0 spiro atoms. The second-order valence-corrected chi connectivity index (χ2v) is 4.69. The fourth-order valence-corrected chi connectivity index (χ4v) is 2.10. The van der Waals surface area contributed by atoms with Crippen LogP contribution in [0.2, 0.25) is 0 Å². The Labute approximate surface area is 94.5 Å². The second kappa shape index (κ2) is 4.05. The molecule has 1 heterocycles. The van der Waals surface area contributed by atoms with E-state index in [4.69, 9.17) is 9.52 Å². The summed E-state index contributed by atoms with van der Waals surface area (Å²) in [5.74, 6) is -1.38. The molecule has 1 aromatic carbocycles. The van der Waals surface area contributed by atoms with E-state index in [1.54, 1.807) is 25.1 Å². The summed E-state index contributed by atoms with van der Waals surface area (Å²) < 4.78 is 4.84. The molecule has 1 unspecified atom stereocenters. The Morgan fingerprint density at radius 2 is 2.31 bits per heavy atom. The molecule has 84 valence electrons. The monoisotopic (exact) mass is 239 g/mol. The van der Waals surface area contributed by atoms with Crippen molar-refractivity contribution in [2.75, 3.05) is 0 Å². The summed E-state index contributed by atoms with van der Waals surface area (Å²) in [5.41, 5.74) is 1.05. The minimum absolute atomic E-state index is 0.470. The molecule has 0 saturated heterocycles. The van der Waals surface area contributed by atoms with E-state index in [9.17, 15) is 9.59 Å². The number of rotatable bonds is 3. The second-order valence-electron chi connectivity index (χ2n) is 3.27. The van der Waals surface area contributed by atoms with Crippen LogP contribution in [0.25, 0.3) is 11.1 Å². The molecule has 5 nitrogen and oxygen atoms in total. The van der Waals surface area contributed by atoms with E-state index in [1.165, 1.54) is 11.8 Å². The fraction of sp³-hybridized carbons (Fsp3) is 0.200. The van der Waals surface area contributed by atoms with Gasteiger partial charge in [-0.3, -0.25) is 9.78 Å². The van der Waals surface area contributed by atoms with Crippen molar-refractivity contribution in [1.82, 2.24) is 4.98 Å². The Kier molecular flexibility index (Phi) is 2.74. The van der Waals surface area contributed by atoms with Crippen LogP contribution in [0.15, 0.2) is 32.3 Å². The molecule has 0 saturated carbocycles. The zero-order chi connectivity index (χ0) is 11.7. The molecular formula is C10H9NO4S. The summed E-state index contributed by atoms with van der Waals surface area (Å²) in [5, 5.41) is 8.23. The number of aromatic nitrogens is 1. The topological polar surface area (TPSA) is 83.3 Å². The lowest BCUT2D eigenvalue weighted by Gasteiger charge is -2.04. The Balaban J connectivity index is 2.32. The highest BCUT2D eigenvalue weighted by molar-refractivity contribution is 8.00. The van der Waals surface area contributed by atoms with Gasteiger partial charge in [0.15, 0.2) is 5.58 Å². The number of fused-ring (bicyclic) bond motifs is 1. The summed E-state index contributed by atoms with van der Waals surface area (Å²) in [4.78, 5) is 24.9. The van der Waals surface area contributed by atoms with Crippen LogP contribution < -0.4 is 5.76 Å². The van der Waals surface area contributed by atoms with Crippen molar-refractivity contribution < 1.29 is 14.3 Å². The van der Waals surface area contributed by atoms with Gasteiger partial charge in [0, 0.05) is 4.90 Å². The highest BCUT2D eigenvalue weighted by Gasteiger charge is 2.13. The summed E-state index contributed by atoms with van der Waals surface area (Å²) >= 11 is 1.21. The molecule has 0 radical (unpaired) electrons. The predicted molar refractivity (Wildman–Crippen MR) is 59.8 cm³/mol. The van der Waals surface area contributed by atoms with E-state index < -0.39 is 17.0 Å². The Morgan fingerprint density at radius 1 is 1.56 bits per heavy atom. The molecule has 6 heteroatoms. The Morgan fingerprint density at radius 3 is 3.00 bits per heavy atom. The van der Waals surface area contributed by atoms with Crippen molar-refractivity contribution >= 4 is 28.8 Å². The van der Waals surface area contributed by atoms with Crippen molar-refractivity contribution in [2.45, 2.75) is 17.1 Å². The van der Waals surface area contributed by atoms with Crippen LogP contribution in [-0.4, -0.2) is 21.3 Å². The lowest BCUT2D eigenvalue weighted by molar-refractivity contribution is -0.136. The highest BCUT2D eigenvalue weighted by Crippen LogP contribution is 2.25. The predicted octanol–water partition coefficient (Wildman–Crippen LogP) is 1.69. The third-order valence-electron chi connectivity index (χ3n) is 2.05. The molecule has 0 amide bonds. The normalized spacial score (nSPS) is 12.8. The largest absolute Gasteiger partial charge is 0.480 e. The maximum Gasteiger partial charge on any atom is 0.417 e. The van der Waals surface area contributed by atoms with Crippen molar-refractivity contribution in [2.24, 2.45) is 0 Å². The average molecular weight is 239 g/mol. The molecule has 2 rings (SSSR count). The number of oxazole rings is 1. The van der Waals surface area contributed by atoms with Gasteiger partial charge in [0.1, 0.15) is 5.25 Å². The number of nitrogens with one attached hydrogen (secondary N) is 1. The molecule has 1 aromatic heterocycles. The van der Waals surface area contributed by atoms with E-state index in [-0.39, 0.29) is 0 Å². The zero-order valence-electron chi connectivity index (χ0n) is 8.39. The Bertz CT molecular complexity index is 586. The minimum Gasteiger partial charge on any atom is -0.480 e. The van der Waals surface area contributed by atoms with E-state index in [0.717, 1.165) is 4.90 Å². The quantitative estimate of drug-likeness (QED) is 0.796. The molecule has 1 atom stereocenters. The molecule has 2 N–H and O–H groups in total. The van der Waals surface area contributed by atoms with Crippen LogP contribution in [0, 0.1) is 0 Å². The summed E-state index contributed by atoms with van der Waals surface area (Å²) in [6, 6.07) is 5.07. The first-order valence-electron chi connectivity index (χ1n) is 4.58. The number of carboxylic acids is 1. The van der Waals surface area contributed by atoms with Gasteiger partial charge in [0.25, 0.3) is 0 Å². The van der Waals surface area contributed by atoms with Crippen LogP contribution >= 0.6 is 11.8 Å². The number of aromatic amines is 1. The number of hydrogen-bond acceptors (Lipinski definition) is 4. The fourth-order valence-electron chi connectivity index (χ4n) is 1.26. The van der Waals surface area contributed by atoms with E-state index >= 15 is 0 Å². The van der Waals surface area contributed by atoms with Gasteiger partial charge in [-0.25, -0.2) is 4.79 Å². The van der Waals surface area contributed by atoms with E-state index in [2.05, 4.69) is 4.98 Å². The Hall–Kier alpha value is -1.69. The minimum atomic E-state index is -0.870. The maximum atomic E-state index is 10.9. The van der Waals surface area contributed by atoms with Gasteiger partial charge in [0.05, 0.1) is 5.52 Å². The molecular weight excluding hydrogens is 230 g/mol. The van der Waals surface area contributed by atoms with Gasteiger partial charge in [-0.2, -0.15) is 0 Å². The molecule has 0 bridgehead atoms. The number of carbonyl (C=O) groups is 1. The maximum absolute atomic E-state index is 10.9. The van der Waals surface area contributed by atoms with Gasteiger partial charge >= 0.3 is 11.7 Å². The number of thioether (sulfide) groups is 1. The van der Waals surface area contributed by atoms with E-state index in [1.807, 2.05) is 0 Å². The average Bonchev–Trinajstić information content (AvgIpc) is 2.57. The first-order chi connectivity index (χ1) is 7.56. The molecule has 0 fully saturated rings. The highest BCUT2D eigenvalue weighted by atomic mass is 32.2. The number of benzene rings is 1. The van der Waals surface area contributed by atoms with Gasteiger partial charge in [-0.05, 0) is 25.1 Å². The lowest BCUT2D eigenvalue weighted by Crippen LogP contribution is -2.10. The third-order valence-corrected chi connectivity index (χ3v) is 3.13. The smallest absolute Gasteiger partial charge is 0.417 e. The van der Waals surface area contributed by atoms with Crippen LogP contribution in [0.4, 0.5) is 0 Å². The summed E-state index contributed by atoms with van der Waals surface area (Å²) in [6.45, 7) is 1.61. The molecule has 16 heavy (non-hydrogen) atoms.